The molecule has 0 aliphatic heterocycles. The first-order chi connectivity index (χ1) is 11.2. The van der Waals surface area contributed by atoms with Crippen LogP contribution in [0, 0.1) is 5.82 Å². The highest BCUT2D eigenvalue weighted by molar-refractivity contribution is 7.98. The molecule has 0 bridgehead atoms. The zero-order valence-electron chi connectivity index (χ0n) is 13.3. The fraction of sp³-hybridized carbons (Fsp3) is 0.375. The Morgan fingerprint density at radius 3 is 2.70 bits per heavy atom. The Labute approximate surface area is 140 Å². The number of rotatable bonds is 9. The number of aromatic nitrogens is 2. The molecular weight excluding hydrogens is 315 g/mol. The van der Waals surface area contributed by atoms with Gasteiger partial charge in [0.2, 0.25) is 5.95 Å². The molecule has 23 heavy (non-hydrogen) atoms. The Balaban J connectivity index is 1.94. The van der Waals surface area contributed by atoms with E-state index in [9.17, 15) is 4.39 Å². The van der Waals surface area contributed by atoms with E-state index in [-0.39, 0.29) is 5.82 Å². The summed E-state index contributed by atoms with van der Waals surface area (Å²) in [6, 6.07) is 4.68. The Morgan fingerprint density at radius 2 is 2.00 bits per heavy atom. The van der Waals surface area contributed by atoms with Crippen molar-refractivity contribution in [1.29, 1.82) is 0 Å². The van der Waals surface area contributed by atoms with E-state index in [2.05, 4.69) is 20.6 Å². The van der Waals surface area contributed by atoms with Crippen LogP contribution < -0.4 is 15.4 Å². The number of ether oxygens (including phenoxy) is 1. The highest BCUT2D eigenvalue weighted by Crippen LogP contribution is 2.18. The number of nitrogens with zero attached hydrogens (tertiary/aromatic N) is 2. The molecule has 0 atom stereocenters. The summed E-state index contributed by atoms with van der Waals surface area (Å²) in [6.07, 6.45) is 5.29. The quantitative estimate of drug-likeness (QED) is 0.685. The maximum absolute atomic E-state index is 13.4. The van der Waals surface area contributed by atoms with Crippen molar-refractivity contribution in [2.45, 2.75) is 13.5 Å². The van der Waals surface area contributed by atoms with E-state index in [1.54, 1.807) is 30.2 Å². The van der Waals surface area contributed by atoms with Gasteiger partial charge in [0.1, 0.15) is 5.82 Å². The Hall–Kier alpha value is -2.02. The van der Waals surface area contributed by atoms with Crippen LogP contribution >= 0.6 is 11.8 Å². The lowest BCUT2D eigenvalue weighted by atomic mass is 10.1. The number of nitrogens with one attached hydrogen (secondary N) is 2. The second kappa shape index (κ2) is 9.19. The zero-order valence-corrected chi connectivity index (χ0v) is 14.1. The van der Waals surface area contributed by atoms with E-state index in [0.29, 0.717) is 24.8 Å². The maximum atomic E-state index is 13.4. The maximum Gasteiger partial charge on any atom is 0.223 e. The van der Waals surface area contributed by atoms with Gasteiger partial charge >= 0.3 is 0 Å². The SMILES string of the molecule is CCNc1ccc(F)cc1CNc1ncc(OCCSC)cn1. The van der Waals surface area contributed by atoms with Gasteiger partial charge in [-0.15, -0.1) is 0 Å². The summed E-state index contributed by atoms with van der Waals surface area (Å²) in [6.45, 7) is 3.84. The first kappa shape index (κ1) is 17.3. The monoisotopic (exact) mass is 336 g/mol. The molecule has 0 aliphatic carbocycles. The van der Waals surface area contributed by atoms with Crippen molar-refractivity contribution in [3.05, 3.63) is 42.0 Å². The average Bonchev–Trinajstić information content (AvgIpc) is 2.56. The molecule has 124 valence electrons. The van der Waals surface area contributed by atoms with E-state index < -0.39 is 0 Å². The summed E-state index contributed by atoms with van der Waals surface area (Å²) in [5, 5.41) is 6.30. The number of hydrogen-bond acceptors (Lipinski definition) is 6. The van der Waals surface area contributed by atoms with Crippen molar-refractivity contribution in [3.63, 3.8) is 0 Å². The van der Waals surface area contributed by atoms with Gasteiger partial charge in [0, 0.05) is 24.5 Å². The molecule has 0 fully saturated rings. The summed E-state index contributed by atoms with van der Waals surface area (Å²) in [5.74, 6) is 1.78. The molecule has 0 amide bonds. The molecule has 0 saturated carbocycles. The highest BCUT2D eigenvalue weighted by Gasteiger charge is 2.05. The topological polar surface area (TPSA) is 59.1 Å². The molecule has 1 aromatic heterocycles. The lowest BCUT2D eigenvalue weighted by Gasteiger charge is -2.12. The molecule has 0 saturated heterocycles. The van der Waals surface area contributed by atoms with Gasteiger partial charge in [-0.25, -0.2) is 14.4 Å². The Kier molecular flexibility index (Phi) is 6.93. The van der Waals surface area contributed by atoms with Gasteiger partial charge in [0.05, 0.1) is 19.0 Å². The third kappa shape index (κ3) is 5.59. The van der Waals surface area contributed by atoms with Gasteiger partial charge in [0.15, 0.2) is 5.75 Å². The molecule has 2 N–H and O–H groups in total. The van der Waals surface area contributed by atoms with Gasteiger partial charge in [0.25, 0.3) is 0 Å². The average molecular weight is 336 g/mol. The van der Waals surface area contributed by atoms with Crippen LogP contribution in [0.3, 0.4) is 0 Å². The van der Waals surface area contributed by atoms with Gasteiger partial charge in [-0.1, -0.05) is 0 Å². The molecule has 2 rings (SSSR count). The molecule has 2 aromatic rings. The van der Waals surface area contributed by atoms with Crippen LogP contribution in [0.15, 0.2) is 30.6 Å². The van der Waals surface area contributed by atoms with Crippen LogP contribution in [0.2, 0.25) is 0 Å². The van der Waals surface area contributed by atoms with Crippen LogP contribution in [0.5, 0.6) is 5.75 Å². The Morgan fingerprint density at radius 1 is 1.22 bits per heavy atom. The van der Waals surface area contributed by atoms with Crippen molar-refractivity contribution in [3.8, 4) is 5.75 Å². The minimum atomic E-state index is -0.262. The third-order valence-electron chi connectivity index (χ3n) is 3.06. The largest absolute Gasteiger partial charge is 0.489 e. The summed E-state index contributed by atoms with van der Waals surface area (Å²) in [5.41, 5.74) is 1.73. The lowest BCUT2D eigenvalue weighted by Crippen LogP contribution is -2.08. The van der Waals surface area contributed by atoms with E-state index in [1.165, 1.54) is 12.1 Å². The fourth-order valence-electron chi connectivity index (χ4n) is 1.97. The fourth-order valence-corrected chi connectivity index (χ4v) is 2.22. The number of hydrogen-bond donors (Lipinski definition) is 2. The van der Waals surface area contributed by atoms with Crippen LogP contribution in [0.4, 0.5) is 16.0 Å². The van der Waals surface area contributed by atoms with Crippen LogP contribution in [0.25, 0.3) is 0 Å². The molecular formula is C16H21FN4OS. The van der Waals surface area contributed by atoms with Crippen molar-refractivity contribution in [1.82, 2.24) is 9.97 Å². The van der Waals surface area contributed by atoms with E-state index in [4.69, 9.17) is 4.74 Å². The van der Waals surface area contributed by atoms with Crippen molar-refractivity contribution in [2.75, 3.05) is 35.8 Å². The van der Waals surface area contributed by atoms with Gasteiger partial charge in [-0.05, 0) is 36.9 Å². The first-order valence-electron chi connectivity index (χ1n) is 7.43. The van der Waals surface area contributed by atoms with Crippen molar-refractivity contribution < 1.29 is 9.13 Å². The van der Waals surface area contributed by atoms with E-state index in [1.807, 2.05) is 13.2 Å². The molecule has 0 spiro atoms. The predicted molar refractivity (Wildman–Crippen MR) is 93.8 cm³/mol. The number of benzene rings is 1. The predicted octanol–water partition coefficient (Wildman–Crippen LogP) is 3.40. The molecule has 0 unspecified atom stereocenters. The summed E-state index contributed by atoms with van der Waals surface area (Å²) >= 11 is 1.72. The normalized spacial score (nSPS) is 10.4. The summed E-state index contributed by atoms with van der Waals surface area (Å²) in [7, 11) is 0. The second-order valence-electron chi connectivity index (χ2n) is 4.77. The number of anilines is 2. The van der Waals surface area contributed by atoms with E-state index >= 15 is 0 Å². The van der Waals surface area contributed by atoms with Gasteiger partial charge in [-0.2, -0.15) is 11.8 Å². The third-order valence-corrected chi connectivity index (χ3v) is 3.63. The van der Waals surface area contributed by atoms with Crippen LogP contribution in [0.1, 0.15) is 12.5 Å². The molecule has 1 heterocycles. The molecule has 1 aromatic carbocycles. The van der Waals surface area contributed by atoms with Crippen LogP contribution in [-0.2, 0) is 6.54 Å². The second-order valence-corrected chi connectivity index (χ2v) is 5.75. The minimum Gasteiger partial charge on any atom is -0.489 e. The van der Waals surface area contributed by atoms with E-state index in [0.717, 1.165) is 23.5 Å². The molecule has 0 aliphatic rings. The van der Waals surface area contributed by atoms with Crippen LogP contribution in [-0.4, -0.2) is 35.1 Å². The number of thioether (sulfide) groups is 1. The zero-order chi connectivity index (χ0) is 16.5. The van der Waals surface area contributed by atoms with Crippen molar-refractivity contribution in [2.24, 2.45) is 0 Å². The molecule has 0 radical (unpaired) electrons. The first-order valence-corrected chi connectivity index (χ1v) is 8.82. The smallest absolute Gasteiger partial charge is 0.223 e. The standard InChI is InChI=1S/C16H21FN4OS/c1-3-18-15-5-4-13(17)8-12(15)9-19-16-20-10-14(11-21-16)22-6-7-23-2/h4-5,8,10-11,18H,3,6-7,9H2,1-2H3,(H,19,20,21). The molecule has 7 heteroatoms. The Bertz CT molecular complexity index is 610. The van der Waals surface area contributed by atoms with Gasteiger partial charge in [-0.3, -0.25) is 0 Å². The number of halogens is 1. The van der Waals surface area contributed by atoms with Gasteiger partial charge < -0.3 is 15.4 Å². The minimum absolute atomic E-state index is 0.262. The summed E-state index contributed by atoms with van der Waals surface area (Å²) in [4.78, 5) is 8.40. The highest BCUT2D eigenvalue weighted by atomic mass is 32.2. The lowest BCUT2D eigenvalue weighted by molar-refractivity contribution is 0.341. The summed E-state index contributed by atoms with van der Waals surface area (Å²) < 4.78 is 18.9. The van der Waals surface area contributed by atoms with Crippen molar-refractivity contribution >= 4 is 23.4 Å². The molecule has 5 nitrogen and oxygen atoms in total.